The number of ether oxygens (including phenoxy) is 1. The standard InChI is InChI=1S/C17H23N5O2S/c1-13(16(23)21-11-5-3-4-6-12-21)25-17-18-19-20-22(17)14-7-9-15(24-2)10-8-14/h7-10,13H,3-6,11-12H2,1-2H3/t13-/m1/s1. The van der Waals surface area contributed by atoms with Crippen molar-refractivity contribution in [3.05, 3.63) is 24.3 Å². The molecule has 134 valence electrons. The van der Waals surface area contributed by atoms with Crippen LogP contribution in [0.5, 0.6) is 5.75 Å². The molecule has 7 nitrogen and oxygen atoms in total. The second kappa shape index (κ2) is 8.33. The maximum atomic E-state index is 12.7. The molecule has 0 spiro atoms. The number of likely N-dealkylation sites (tertiary alicyclic amines) is 1. The molecule has 0 bridgehead atoms. The number of hydrogen-bond acceptors (Lipinski definition) is 6. The first-order valence-electron chi connectivity index (χ1n) is 8.57. The van der Waals surface area contributed by atoms with Gasteiger partial charge in [0.05, 0.1) is 18.0 Å². The van der Waals surface area contributed by atoms with E-state index < -0.39 is 0 Å². The molecule has 1 fully saturated rings. The molecule has 8 heteroatoms. The Balaban J connectivity index is 1.70. The second-order valence-electron chi connectivity index (χ2n) is 6.07. The third-order valence-electron chi connectivity index (χ3n) is 4.31. The summed E-state index contributed by atoms with van der Waals surface area (Å²) in [5, 5.41) is 12.3. The molecule has 25 heavy (non-hydrogen) atoms. The number of aromatic nitrogens is 4. The Hall–Kier alpha value is -2.09. The predicted octanol–water partition coefficient (Wildman–Crippen LogP) is 2.55. The van der Waals surface area contributed by atoms with Gasteiger partial charge in [0.15, 0.2) is 0 Å². The quantitative estimate of drug-likeness (QED) is 0.762. The Bertz CT molecular complexity index is 695. The summed E-state index contributed by atoms with van der Waals surface area (Å²) in [6, 6.07) is 7.50. The average molecular weight is 361 g/mol. The van der Waals surface area contributed by atoms with E-state index in [0.717, 1.165) is 37.4 Å². The SMILES string of the molecule is COc1ccc(-n2nnnc2S[C@H](C)C(=O)N2CCCCCC2)cc1. The number of nitrogens with zero attached hydrogens (tertiary/aromatic N) is 5. The number of benzene rings is 1. The molecule has 1 aliphatic heterocycles. The van der Waals surface area contributed by atoms with Gasteiger partial charge in [-0.15, -0.1) is 5.10 Å². The van der Waals surface area contributed by atoms with Crippen LogP contribution in [0.4, 0.5) is 0 Å². The molecule has 2 aromatic rings. The fraction of sp³-hybridized carbons (Fsp3) is 0.529. The van der Waals surface area contributed by atoms with Crippen LogP contribution in [0.15, 0.2) is 29.4 Å². The average Bonchev–Trinajstić information content (AvgIpc) is 2.93. The second-order valence-corrected chi connectivity index (χ2v) is 7.38. The van der Waals surface area contributed by atoms with Gasteiger partial charge in [0.2, 0.25) is 11.1 Å². The zero-order valence-electron chi connectivity index (χ0n) is 14.6. The number of rotatable bonds is 5. The molecule has 0 saturated carbocycles. The van der Waals surface area contributed by atoms with Crippen molar-refractivity contribution >= 4 is 17.7 Å². The molecule has 1 aromatic heterocycles. The summed E-state index contributed by atoms with van der Waals surface area (Å²) < 4.78 is 6.82. The van der Waals surface area contributed by atoms with Gasteiger partial charge in [-0.05, 0) is 54.5 Å². The molecule has 1 amide bonds. The first-order chi connectivity index (χ1) is 12.2. The summed E-state index contributed by atoms with van der Waals surface area (Å²) in [6.45, 7) is 3.63. The smallest absolute Gasteiger partial charge is 0.235 e. The largest absolute Gasteiger partial charge is 0.497 e. The van der Waals surface area contributed by atoms with Crippen molar-refractivity contribution < 1.29 is 9.53 Å². The van der Waals surface area contributed by atoms with Crippen molar-refractivity contribution in [3.8, 4) is 11.4 Å². The zero-order chi connectivity index (χ0) is 17.6. The number of carbonyl (C=O) groups excluding carboxylic acids is 1. The van der Waals surface area contributed by atoms with Crippen LogP contribution in [0.1, 0.15) is 32.6 Å². The van der Waals surface area contributed by atoms with Gasteiger partial charge in [-0.25, -0.2) is 0 Å². The third-order valence-corrected chi connectivity index (χ3v) is 5.33. The summed E-state index contributed by atoms with van der Waals surface area (Å²) in [5.41, 5.74) is 0.836. The zero-order valence-corrected chi connectivity index (χ0v) is 15.4. The lowest BCUT2D eigenvalue weighted by Crippen LogP contribution is -2.37. The van der Waals surface area contributed by atoms with Crippen LogP contribution in [0.3, 0.4) is 0 Å². The van der Waals surface area contributed by atoms with Crippen LogP contribution in [-0.2, 0) is 4.79 Å². The summed E-state index contributed by atoms with van der Waals surface area (Å²) >= 11 is 1.39. The highest BCUT2D eigenvalue weighted by atomic mass is 32.2. The molecule has 0 unspecified atom stereocenters. The lowest BCUT2D eigenvalue weighted by molar-refractivity contribution is -0.130. The van der Waals surface area contributed by atoms with Crippen LogP contribution in [0.2, 0.25) is 0 Å². The minimum absolute atomic E-state index is 0.163. The fourth-order valence-electron chi connectivity index (χ4n) is 2.89. The number of amides is 1. The molecule has 3 rings (SSSR count). The maximum Gasteiger partial charge on any atom is 0.235 e. The van der Waals surface area contributed by atoms with Gasteiger partial charge in [0, 0.05) is 13.1 Å². The van der Waals surface area contributed by atoms with Crippen LogP contribution < -0.4 is 4.74 Å². The molecule has 1 aliphatic rings. The Labute approximate surface area is 151 Å². The minimum Gasteiger partial charge on any atom is -0.497 e. The van der Waals surface area contributed by atoms with E-state index in [-0.39, 0.29) is 11.2 Å². The van der Waals surface area contributed by atoms with Crippen molar-refractivity contribution in [2.45, 2.75) is 43.0 Å². The first-order valence-corrected chi connectivity index (χ1v) is 9.45. The van der Waals surface area contributed by atoms with E-state index in [1.807, 2.05) is 36.1 Å². The Morgan fingerprint density at radius 2 is 1.84 bits per heavy atom. The van der Waals surface area contributed by atoms with Crippen LogP contribution >= 0.6 is 11.8 Å². The van der Waals surface area contributed by atoms with E-state index in [9.17, 15) is 4.79 Å². The van der Waals surface area contributed by atoms with Crippen LogP contribution in [-0.4, -0.2) is 56.5 Å². The number of thioether (sulfide) groups is 1. The van der Waals surface area contributed by atoms with E-state index in [1.54, 1.807) is 11.8 Å². The highest BCUT2D eigenvalue weighted by Gasteiger charge is 2.24. The Kier molecular flexibility index (Phi) is 5.91. The third kappa shape index (κ3) is 4.31. The number of hydrogen-bond donors (Lipinski definition) is 0. The summed E-state index contributed by atoms with van der Waals surface area (Å²) in [4.78, 5) is 14.7. The number of methoxy groups -OCH3 is 1. The monoisotopic (exact) mass is 361 g/mol. The predicted molar refractivity (Wildman–Crippen MR) is 96.1 cm³/mol. The van der Waals surface area contributed by atoms with E-state index in [1.165, 1.54) is 24.6 Å². The lowest BCUT2D eigenvalue weighted by atomic mass is 10.2. The van der Waals surface area contributed by atoms with E-state index in [2.05, 4.69) is 15.5 Å². The molecule has 0 aliphatic carbocycles. The Morgan fingerprint density at radius 1 is 1.16 bits per heavy atom. The van der Waals surface area contributed by atoms with Gasteiger partial charge in [-0.2, -0.15) is 4.68 Å². The summed E-state index contributed by atoms with van der Waals surface area (Å²) in [5.74, 6) is 0.937. The molecule has 2 heterocycles. The van der Waals surface area contributed by atoms with Crippen molar-refractivity contribution in [1.82, 2.24) is 25.1 Å². The van der Waals surface area contributed by atoms with Gasteiger partial charge in [0.25, 0.3) is 0 Å². The first kappa shape index (κ1) is 17.7. The van der Waals surface area contributed by atoms with E-state index >= 15 is 0 Å². The molecule has 0 N–H and O–H groups in total. The number of carbonyl (C=O) groups is 1. The van der Waals surface area contributed by atoms with Crippen molar-refractivity contribution in [2.24, 2.45) is 0 Å². The van der Waals surface area contributed by atoms with Crippen molar-refractivity contribution in [2.75, 3.05) is 20.2 Å². The van der Waals surface area contributed by atoms with Gasteiger partial charge in [-0.1, -0.05) is 24.6 Å². The highest BCUT2D eigenvalue weighted by Crippen LogP contribution is 2.25. The molecular formula is C17H23N5O2S. The van der Waals surface area contributed by atoms with Crippen LogP contribution in [0.25, 0.3) is 5.69 Å². The van der Waals surface area contributed by atoms with E-state index in [4.69, 9.17) is 4.74 Å². The van der Waals surface area contributed by atoms with Gasteiger partial charge in [-0.3, -0.25) is 4.79 Å². The Morgan fingerprint density at radius 3 is 2.48 bits per heavy atom. The number of tetrazole rings is 1. The molecule has 1 atom stereocenters. The lowest BCUT2D eigenvalue weighted by Gasteiger charge is -2.23. The van der Waals surface area contributed by atoms with Gasteiger partial charge < -0.3 is 9.64 Å². The molecular weight excluding hydrogens is 338 g/mol. The summed E-state index contributed by atoms with van der Waals surface area (Å²) in [6.07, 6.45) is 4.60. The maximum absolute atomic E-state index is 12.7. The van der Waals surface area contributed by atoms with E-state index in [0.29, 0.717) is 5.16 Å². The minimum atomic E-state index is -0.221. The van der Waals surface area contributed by atoms with Gasteiger partial charge in [0.1, 0.15) is 5.75 Å². The highest BCUT2D eigenvalue weighted by molar-refractivity contribution is 8.00. The molecule has 1 saturated heterocycles. The van der Waals surface area contributed by atoms with Crippen molar-refractivity contribution in [3.63, 3.8) is 0 Å². The topological polar surface area (TPSA) is 73.1 Å². The molecule has 0 radical (unpaired) electrons. The fourth-order valence-corrected chi connectivity index (χ4v) is 3.79. The molecule has 1 aromatic carbocycles. The normalized spacial score (nSPS) is 16.3. The summed E-state index contributed by atoms with van der Waals surface area (Å²) in [7, 11) is 1.63. The van der Waals surface area contributed by atoms with Crippen molar-refractivity contribution in [1.29, 1.82) is 0 Å². The van der Waals surface area contributed by atoms with Crippen LogP contribution in [0, 0.1) is 0 Å². The van der Waals surface area contributed by atoms with Gasteiger partial charge >= 0.3 is 0 Å².